The summed E-state index contributed by atoms with van der Waals surface area (Å²) >= 11 is 0. The van der Waals surface area contributed by atoms with Gasteiger partial charge in [0.25, 0.3) is 0 Å². The fourth-order valence-corrected chi connectivity index (χ4v) is 3.05. The molecule has 2 unspecified atom stereocenters. The molecule has 2 rings (SSSR count). The molecule has 0 aliphatic carbocycles. The summed E-state index contributed by atoms with van der Waals surface area (Å²) in [6.07, 6.45) is 1.89. The van der Waals surface area contributed by atoms with Crippen molar-refractivity contribution in [1.82, 2.24) is 15.2 Å². The summed E-state index contributed by atoms with van der Waals surface area (Å²) in [4.78, 5) is 9.37. The van der Waals surface area contributed by atoms with Gasteiger partial charge in [0.05, 0.1) is 6.61 Å². The van der Waals surface area contributed by atoms with Crippen LogP contribution in [-0.2, 0) is 11.3 Å². The van der Waals surface area contributed by atoms with Crippen molar-refractivity contribution in [2.24, 2.45) is 5.92 Å². The lowest BCUT2D eigenvalue weighted by Gasteiger charge is -2.23. The number of nitrogens with one attached hydrogen (secondary N) is 1. The van der Waals surface area contributed by atoms with Gasteiger partial charge in [0.1, 0.15) is 5.82 Å². The molecule has 5 nitrogen and oxygen atoms in total. The van der Waals surface area contributed by atoms with Crippen molar-refractivity contribution in [2.45, 2.75) is 19.5 Å². The first-order valence-electron chi connectivity index (χ1n) is 7.68. The largest absolute Gasteiger partial charge is 0.383 e. The smallest absolute Gasteiger partial charge is 0.133 e. The van der Waals surface area contributed by atoms with E-state index in [1.807, 2.05) is 12.3 Å². The van der Waals surface area contributed by atoms with Crippen LogP contribution in [-0.4, -0.2) is 63.4 Å². The normalized spacial score (nSPS) is 22.2. The third-order valence-corrected chi connectivity index (χ3v) is 4.20. The molecule has 5 heteroatoms. The van der Waals surface area contributed by atoms with Gasteiger partial charge in [0.15, 0.2) is 0 Å². The second-order valence-corrected chi connectivity index (χ2v) is 6.07. The molecule has 0 amide bonds. The Morgan fingerprint density at radius 2 is 2.24 bits per heavy atom. The van der Waals surface area contributed by atoms with Gasteiger partial charge in [-0.1, -0.05) is 13.0 Å². The van der Waals surface area contributed by atoms with Gasteiger partial charge in [-0.2, -0.15) is 0 Å². The zero-order chi connectivity index (χ0) is 15.2. The molecule has 1 aromatic heterocycles. The SMILES string of the molecule is COCCNCc1cccnc1N1CC(C)C(N(C)C)C1. The summed E-state index contributed by atoms with van der Waals surface area (Å²) < 4.78 is 5.07. The van der Waals surface area contributed by atoms with E-state index in [1.54, 1.807) is 7.11 Å². The van der Waals surface area contributed by atoms with E-state index in [1.165, 1.54) is 5.56 Å². The molecule has 0 bridgehead atoms. The number of likely N-dealkylation sites (N-methyl/N-ethyl adjacent to an activating group) is 1. The fraction of sp³-hybridized carbons (Fsp3) is 0.688. The molecule has 1 aliphatic heterocycles. The molecule has 1 aliphatic rings. The van der Waals surface area contributed by atoms with E-state index in [4.69, 9.17) is 4.74 Å². The minimum atomic E-state index is 0.598. The van der Waals surface area contributed by atoms with Crippen molar-refractivity contribution >= 4 is 5.82 Å². The molecular formula is C16H28N4O. The molecule has 1 saturated heterocycles. The van der Waals surface area contributed by atoms with Crippen LogP contribution in [0.2, 0.25) is 0 Å². The number of hydrogen-bond donors (Lipinski definition) is 1. The van der Waals surface area contributed by atoms with E-state index in [2.05, 4.69) is 47.2 Å². The van der Waals surface area contributed by atoms with Gasteiger partial charge in [-0.25, -0.2) is 4.98 Å². The van der Waals surface area contributed by atoms with E-state index >= 15 is 0 Å². The molecule has 0 radical (unpaired) electrons. The predicted molar refractivity (Wildman–Crippen MR) is 86.7 cm³/mol. The van der Waals surface area contributed by atoms with E-state index < -0.39 is 0 Å². The molecule has 0 saturated carbocycles. The monoisotopic (exact) mass is 292 g/mol. The average Bonchev–Trinajstić information content (AvgIpc) is 2.86. The summed E-state index contributed by atoms with van der Waals surface area (Å²) in [6, 6.07) is 4.77. The van der Waals surface area contributed by atoms with Crippen LogP contribution in [0.4, 0.5) is 5.82 Å². The van der Waals surface area contributed by atoms with Gasteiger partial charge in [0.2, 0.25) is 0 Å². The van der Waals surface area contributed by atoms with E-state index in [9.17, 15) is 0 Å². The Morgan fingerprint density at radius 3 is 2.90 bits per heavy atom. The van der Waals surface area contributed by atoms with Gasteiger partial charge in [0, 0.05) is 51.1 Å². The zero-order valence-electron chi connectivity index (χ0n) is 13.7. The second-order valence-electron chi connectivity index (χ2n) is 6.07. The van der Waals surface area contributed by atoms with Crippen LogP contribution >= 0.6 is 0 Å². The number of aromatic nitrogens is 1. The third kappa shape index (κ3) is 4.15. The molecule has 1 aromatic rings. The molecule has 0 spiro atoms. The molecule has 2 heterocycles. The second kappa shape index (κ2) is 7.73. The average molecular weight is 292 g/mol. The minimum absolute atomic E-state index is 0.598. The lowest BCUT2D eigenvalue weighted by Crippen LogP contribution is -2.34. The summed E-state index contributed by atoms with van der Waals surface area (Å²) in [5, 5.41) is 3.41. The number of pyridine rings is 1. The van der Waals surface area contributed by atoms with Crippen molar-refractivity contribution in [3.05, 3.63) is 23.9 Å². The van der Waals surface area contributed by atoms with Gasteiger partial charge in [-0.05, 0) is 26.1 Å². The number of ether oxygens (including phenoxy) is 1. The van der Waals surface area contributed by atoms with Gasteiger partial charge in [-0.3, -0.25) is 0 Å². The number of rotatable bonds is 7. The van der Waals surface area contributed by atoms with Crippen LogP contribution in [0, 0.1) is 5.92 Å². The van der Waals surface area contributed by atoms with Gasteiger partial charge in [-0.15, -0.1) is 0 Å². The maximum atomic E-state index is 5.07. The topological polar surface area (TPSA) is 40.6 Å². The third-order valence-electron chi connectivity index (χ3n) is 4.20. The molecule has 21 heavy (non-hydrogen) atoms. The molecule has 1 N–H and O–H groups in total. The fourth-order valence-electron chi connectivity index (χ4n) is 3.05. The molecule has 1 fully saturated rings. The minimum Gasteiger partial charge on any atom is -0.383 e. The molecule has 2 atom stereocenters. The Morgan fingerprint density at radius 1 is 1.43 bits per heavy atom. The number of methoxy groups -OCH3 is 1. The first kappa shape index (κ1) is 16.2. The van der Waals surface area contributed by atoms with Crippen molar-refractivity contribution in [3.63, 3.8) is 0 Å². The number of anilines is 1. The number of nitrogens with zero attached hydrogens (tertiary/aromatic N) is 3. The summed E-state index contributed by atoms with van der Waals surface area (Å²) in [7, 11) is 6.05. The molecule has 118 valence electrons. The maximum absolute atomic E-state index is 5.07. The van der Waals surface area contributed by atoms with Crippen LogP contribution in [0.5, 0.6) is 0 Å². The first-order chi connectivity index (χ1) is 10.1. The summed E-state index contributed by atoms with van der Waals surface area (Å²) in [5.41, 5.74) is 1.26. The zero-order valence-corrected chi connectivity index (χ0v) is 13.7. The van der Waals surface area contributed by atoms with Crippen LogP contribution in [0.25, 0.3) is 0 Å². The van der Waals surface area contributed by atoms with Gasteiger partial charge < -0.3 is 19.9 Å². The summed E-state index contributed by atoms with van der Waals surface area (Å²) in [6.45, 7) is 6.88. The highest BCUT2D eigenvalue weighted by Gasteiger charge is 2.32. The van der Waals surface area contributed by atoms with Crippen molar-refractivity contribution < 1.29 is 4.74 Å². The quantitative estimate of drug-likeness (QED) is 0.765. The maximum Gasteiger partial charge on any atom is 0.133 e. The first-order valence-corrected chi connectivity index (χ1v) is 7.68. The van der Waals surface area contributed by atoms with Crippen molar-refractivity contribution in [3.8, 4) is 0 Å². The van der Waals surface area contributed by atoms with E-state index in [-0.39, 0.29) is 0 Å². The van der Waals surface area contributed by atoms with Gasteiger partial charge >= 0.3 is 0 Å². The predicted octanol–water partition coefficient (Wildman–Crippen LogP) is 1.20. The Balaban J connectivity index is 2.03. The van der Waals surface area contributed by atoms with E-state index in [0.717, 1.165) is 38.6 Å². The number of hydrogen-bond acceptors (Lipinski definition) is 5. The Hall–Kier alpha value is -1.17. The van der Waals surface area contributed by atoms with Crippen LogP contribution in [0.1, 0.15) is 12.5 Å². The Bertz CT molecular complexity index is 438. The summed E-state index contributed by atoms with van der Waals surface area (Å²) in [5.74, 6) is 1.79. The van der Waals surface area contributed by atoms with Crippen LogP contribution < -0.4 is 10.2 Å². The Labute approximate surface area is 128 Å². The Kier molecular flexibility index (Phi) is 5.96. The van der Waals surface area contributed by atoms with Crippen LogP contribution in [0.3, 0.4) is 0 Å². The van der Waals surface area contributed by atoms with Crippen molar-refractivity contribution in [2.75, 3.05) is 52.3 Å². The lowest BCUT2D eigenvalue weighted by atomic mass is 10.1. The lowest BCUT2D eigenvalue weighted by molar-refractivity contribution is 0.199. The standard InChI is InChI=1S/C16H28N4O/c1-13-11-20(12-15(13)19(2)3)16-14(6-5-7-18-16)10-17-8-9-21-4/h5-7,13,15,17H,8-12H2,1-4H3. The van der Waals surface area contributed by atoms with E-state index in [0.29, 0.717) is 12.0 Å². The molecular weight excluding hydrogens is 264 g/mol. The van der Waals surface area contributed by atoms with Crippen molar-refractivity contribution in [1.29, 1.82) is 0 Å². The molecule has 0 aromatic carbocycles. The highest BCUT2D eigenvalue weighted by Crippen LogP contribution is 2.26. The van der Waals surface area contributed by atoms with Crippen LogP contribution in [0.15, 0.2) is 18.3 Å². The highest BCUT2D eigenvalue weighted by atomic mass is 16.5. The highest BCUT2D eigenvalue weighted by molar-refractivity contribution is 5.48.